The lowest BCUT2D eigenvalue weighted by Crippen LogP contribution is -2.48. The van der Waals surface area contributed by atoms with Crippen molar-refractivity contribution in [3.8, 4) is 0 Å². The minimum atomic E-state index is 0.242. The molecule has 1 aromatic heterocycles. The van der Waals surface area contributed by atoms with Gasteiger partial charge in [-0.15, -0.1) is 0 Å². The van der Waals surface area contributed by atoms with E-state index >= 15 is 0 Å². The van der Waals surface area contributed by atoms with Gasteiger partial charge in [0.25, 0.3) is 0 Å². The van der Waals surface area contributed by atoms with Crippen molar-refractivity contribution in [1.29, 1.82) is 0 Å². The third-order valence-electron chi connectivity index (χ3n) is 4.93. The minimum Gasteiger partial charge on any atom is -0.340 e. The van der Waals surface area contributed by atoms with Crippen molar-refractivity contribution in [1.82, 2.24) is 9.80 Å². The maximum absolute atomic E-state index is 12.7. The first-order valence-corrected chi connectivity index (χ1v) is 9.72. The maximum Gasteiger partial charge on any atom is 0.227 e. The highest BCUT2D eigenvalue weighted by Crippen LogP contribution is 2.20. The number of thiophene rings is 1. The van der Waals surface area contributed by atoms with Gasteiger partial charge in [-0.1, -0.05) is 42.5 Å². The Balaban J connectivity index is 1.37. The molecule has 1 amide bonds. The fourth-order valence-electron chi connectivity index (χ4n) is 3.52. The van der Waals surface area contributed by atoms with E-state index in [2.05, 4.69) is 46.0 Å². The smallest absolute Gasteiger partial charge is 0.227 e. The molecule has 2 heterocycles. The number of fused-ring (bicyclic) bond motifs is 1. The van der Waals surface area contributed by atoms with Gasteiger partial charge >= 0.3 is 0 Å². The number of benzene rings is 2. The van der Waals surface area contributed by atoms with E-state index in [1.54, 1.807) is 11.3 Å². The molecular formula is C21H22N2OS. The highest BCUT2D eigenvalue weighted by molar-refractivity contribution is 7.07. The lowest BCUT2D eigenvalue weighted by molar-refractivity contribution is -0.132. The molecule has 3 nitrogen and oxygen atoms in total. The summed E-state index contributed by atoms with van der Waals surface area (Å²) in [5.41, 5.74) is 2.50. The van der Waals surface area contributed by atoms with Gasteiger partial charge in [0.15, 0.2) is 0 Å². The molecule has 4 heteroatoms. The number of piperazine rings is 1. The number of carbonyl (C=O) groups is 1. The van der Waals surface area contributed by atoms with E-state index in [0.717, 1.165) is 38.3 Å². The van der Waals surface area contributed by atoms with Crippen molar-refractivity contribution in [3.05, 3.63) is 70.4 Å². The number of nitrogens with zero attached hydrogens (tertiary/aromatic N) is 2. The van der Waals surface area contributed by atoms with Crippen molar-refractivity contribution in [2.75, 3.05) is 26.2 Å². The molecule has 1 saturated heterocycles. The fraction of sp³-hybridized carbons (Fsp3) is 0.286. The van der Waals surface area contributed by atoms with Crippen LogP contribution >= 0.6 is 11.3 Å². The van der Waals surface area contributed by atoms with Crippen LogP contribution in [0.5, 0.6) is 0 Å². The Morgan fingerprint density at radius 2 is 1.76 bits per heavy atom. The Labute approximate surface area is 152 Å². The quantitative estimate of drug-likeness (QED) is 0.715. The van der Waals surface area contributed by atoms with Crippen LogP contribution in [0.25, 0.3) is 10.8 Å². The zero-order valence-corrected chi connectivity index (χ0v) is 15.0. The highest BCUT2D eigenvalue weighted by Gasteiger charge is 2.21. The predicted octanol–water partition coefficient (Wildman–Crippen LogP) is 3.79. The molecule has 1 aliphatic rings. The van der Waals surface area contributed by atoms with E-state index in [-0.39, 0.29) is 5.91 Å². The Morgan fingerprint density at radius 1 is 0.960 bits per heavy atom. The van der Waals surface area contributed by atoms with Crippen LogP contribution in [0.2, 0.25) is 0 Å². The summed E-state index contributed by atoms with van der Waals surface area (Å²) in [5, 5.41) is 6.72. The van der Waals surface area contributed by atoms with Gasteiger partial charge in [-0.25, -0.2) is 0 Å². The van der Waals surface area contributed by atoms with Crippen molar-refractivity contribution in [3.63, 3.8) is 0 Å². The molecule has 2 aromatic carbocycles. The zero-order valence-electron chi connectivity index (χ0n) is 14.2. The normalized spacial score (nSPS) is 15.6. The average molecular weight is 350 g/mol. The van der Waals surface area contributed by atoms with Crippen molar-refractivity contribution >= 4 is 28.0 Å². The second kappa shape index (κ2) is 7.38. The largest absolute Gasteiger partial charge is 0.340 e. The van der Waals surface area contributed by atoms with Gasteiger partial charge in [-0.05, 0) is 38.7 Å². The number of hydrogen-bond acceptors (Lipinski definition) is 3. The van der Waals surface area contributed by atoms with E-state index in [9.17, 15) is 4.79 Å². The zero-order chi connectivity index (χ0) is 17.1. The van der Waals surface area contributed by atoms with E-state index < -0.39 is 0 Å². The molecule has 25 heavy (non-hydrogen) atoms. The Hall–Kier alpha value is -2.17. The number of rotatable bonds is 4. The predicted molar refractivity (Wildman–Crippen MR) is 104 cm³/mol. The number of hydrogen-bond donors (Lipinski definition) is 0. The van der Waals surface area contributed by atoms with Crippen molar-refractivity contribution < 1.29 is 4.79 Å². The molecule has 0 atom stereocenters. The van der Waals surface area contributed by atoms with Crippen LogP contribution in [-0.2, 0) is 17.8 Å². The Morgan fingerprint density at radius 3 is 2.56 bits per heavy atom. The second-order valence-corrected chi connectivity index (χ2v) is 7.38. The van der Waals surface area contributed by atoms with Gasteiger partial charge in [-0.3, -0.25) is 9.69 Å². The molecule has 0 radical (unpaired) electrons. The van der Waals surface area contributed by atoms with Gasteiger partial charge in [0.2, 0.25) is 5.91 Å². The van der Waals surface area contributed by atoms with Gasteiger partial charge in [0.05, 0.1) is 6.42 Å². The lowest BCUT2D eigenvalue weighted by atomic mass is 10.0. The summed E-state index contributed by atoms with van der Waals surface area (Å²) >= 11 is 1.74. The minimum absolute atomic E-state index is 0.242. The topological polar surface area (TPSA) is 23.6 Å². The molecule has 1 fully saturated rings. The third-order valence-corrected chi connectivity index (χ3v) is 5.66. The molecule has 128 valence electrons. The van der Waals surface area contributed by atoms with E-state index in [4.69, 9.17) is 0 Å². The molecule has 0 saturated carbocycles. The van der Waals surface area contributed by atoms with Gasteiger partial charge in [0, 0.05) is 32.7 Å². The molecule has 4 rings (SSSR count). The van der Waals surface area contributed by atoms with Crippen LogP contribution in [0.15, 0.2) is 59.3 Å². The standard InChI is InChI=1S/C21H22N2OS/c24-21(14-19-6-3-5-18-4-1-2-7-20(18)19)23-11-9-22(10-12-23)15-17-8-13-25-16-17/h1-8,13,16H,9-12,14-15H2. The summed E-state index contributed by atoms with van der Waals surface area (Å²) < 4.78 is 0. The molecule has 0 N–H and O–H groups in total. The fourth-order valence-corrected chi connectivity index (χ4v) is 4.18. The van der Waals surface area contributed by atoms with Crippen molar-refractivity contribution in [2.24, 2.45) is 0 Å². The first-order valence-electron chi connectivity index (χ1n) is 8.77. The van der Waals surface area contributed by atoms with Crippen molar-refractivity contribution in [2.45, 2.75) is 13.0 Å². The van der Waals surface area contributed by atoms with Gasteiger partial charge in [-0.2, -0.15) is 11.3 Å². The molecule has 0 bridgehead atoms. The maximum atomic E-state index is 12.7. The first kappa shape index (κ1) is 16.3. The number of carbonyl (C=O) groups excluding carboxylic acids is 1. The van der Waals surface area contributed by atoms with Crippen LogP contribution in [0.3, 0.4) is 0 Å². The monoisotopic (exact) mass is 350 g/mol. The second-order valence-electron chi connectivity index (χ2n) is 6.60. The Kier molecular flexibility index (Phi) is 4.81. The highest BCUT2D eigenvalue weighted by atomic mass is 32.1. The average Bonchev–Trinajstić information content (AvgIpc) is 3.16. The van der Waals surface area contributed by atoms with Gasteiger partial charge in [0.1, 0.15) is 0 Å². The summed E-state index contributed by atoms with van der Waals surface area (Å²) in [5.74, 6) is 0.242. The molecular weight excluding hydrogens is 328 g/mol. The van der Waals surface area contributed by atoms with E-state index in [0.29, 0.717) is 6.42 Å². The SMILES string of the molecule is O=C(Cc1cccc2ccccc12)N1CCN(Cc2ccsc2)CC1. The van der Waals surface area contributed by atoms with Crippen LogP contribution < -0.4 is 0 Å². The van der Waals surface area contributed by atoms with E-state index in [1.807, 2.05) is 23.1 Å². The van der Waals surface area contributed by atoms with Crippen LogP contribution in [-0.4, -0.2) is 41.9 Å². The molecule has 1 aliphatic heterocycles. The van der Waals surface area contributed by atoms with Crippen LogP contribution in [0, 0.1) is 0 Å². The van der Waals surface area contributed by atoms with Crippen LogP contribution in [0.4, 0.5) is 0 Å². The lowest BCUT2D eigenvalue weighted by Gasteiger charge is -2.34. The summed E-state index contributed by atoms with van der Waals surface area (Å²) in [4.78, 5) is 17.2. The summed E-state index contributed by atoms with van der Waals surface area (Å²) in [6.07, 6.45) is 0.492. The molecule has 0 aliphatic carbocycles. The van der Waals surface area contributed by atoms with E-state index in [1.165, 1.54) is 16.3 Å². The summed E-state index contributed by atoms with van der Waals surface area (Å²) in [7, 11) is 0. The summed E-state index contributed by atoms with van der Waals surface area (Å²) in [6.45, 7) is 4.56. The molecule has 0 unspecified atom stereocenters. The Bertz CT molecular complexity index is 846. The number of amides is 1. The first-order chi connectivity index (χ1) is 12.3. The van der Waals surface area contributed by atoms with Crippen LogP contribution in [0.1, 0.15) is 11.1 Å². The van der Waals surface area contributed by atoms with Gasteiger partial charge < -0.3 is 4.90 Å². The third kappa shape index (κ3) is 3.75. The molecule has 0 spiro atoms. The molecule has 3 aromatic rings. The summed E-state index contributed by atoms with van der Waals surface area (Å²) in [6, 6.07) is 16.7.